The van der Waals surface area contributed by atoms with Crippen molar-refractivity contribution in [2.24, 2.45) is 0 Å². The third-order valence-electron chi connectivity index (χ3n) is 1.76. The quantitative estimate of drug-likeness (QED) is 0.617. The minimum atomic E-state index is -0.459. The molecule has 0 atom stereocenters. The molecular weight excluding hydrogens is 152 g/mol. The summed E-state index contributed by atoms with van der Waals surface area (Å²) in [6.07, 6.45) is 0. The number of hydrogen-bond donors (Lipinski definition) is 1. The molecule has 0 unspecified atom stereocenters. The fraction of sp³-hybridized carbons (Fsp3) is 0.222. The molecule has 0 radical (unpaired) electrons. The van der Waals surface area contributed by atoms with Crippen LogP contribution in [0.15, 0.2) is 24.3 Å². The van der Waals surface area contributed by atoms with Gasteiger partial charge in [-0.1, -0.05) is 25.6 Å². The fourth-order valence-corrected chi connectivity index (χ4v) is 1.92. The van der Waals surface area contributed by atoms with Crippen LogP contribution in [0.4, 0.5) is 0 Å². The SMILES string of the molecule is CC=[Si](C)c1ccc(O)cc1. The molecule has 1 N–H and O–H groups in total. The van der Waals surface area contributed by atoms with Gasteiger partial charge in [0.1, 0.15) is 5.75 Å². The lowest BCUT2D eigenvalue weighted by Crippen LogP contribution is -2.18. The van der Waals surface area contributed by atoms with E-state index in [0.29, 0.717) is 5.75 Å². The number of benzene rings is 1. The molecule has 0 aliphatic carbocycles. The van der Waals surface area contributed by atoms with E-state index in [1.807, 2.05) is 12.1 Å². The number of phenols is 1. The standard InChI is InChI=1S/C9H12OSi/c1-3-11(2)9-6-4-8(10)5-7-9/h3-7,10H,1-2H3. The summed E-state index contributed by atoms with van der Waals surface area (Å²) in [4.78, 5) is 0. The van der Waals surface area contributed by atoms with Crippen LogP contribution in [0.25, 0.3) is 0 Å². The second kappa shape index (κ2) is 3.48. The maximum Gasteiger partial charge on any atom is 0.115 e. The fourth-order valence-electron chi connectivity index (χ4n) is 0.891. The molecule has 1 rings (SSSR count). The molecule has 1 aromatic carbocycles. The van der Waals surface area contributed by atoms with Gasteiger partial charge in [-0.05, 0) is 17.3 Å². The second-order valence-corrected chi connectivity index (χ2v) is 5.04. The molecule has 0 heterocycles. The zero-order chi connectivity index (χ0) is 8.27. The summed E-state index contributed by atoms with van der Waals surface area (Å²) in [7, 11) is -0.459. The van der Waals surface area contributed by atoms with Gasteiger partial charge in [0, 0.05) is 8.41 Å². The van der Waals surface area contributed by atoms with Crippen LogP contribution < -0.4 is 5.19 Å². The first-order valence-corrected chi connectivity index (χ1v) is 5.74. The predicted octanol–water partition coefficient (Wildman–Crippen LogP) is 1.13. The highest BCUT2D eigenvalue weighted by Gasteiger charge is 1.93. The molecule has 0 bridgehead atoms. The van der Waals surface area contributed by atoms with E-state index in [2.05, 4.69) is 19.1 Å². The van der Waals surface area contributed by atoms with Gasteiger partial charge in [0.15, 0.2) is 0 Å². The Morgan fingerprint density at radius 1 is 1.27 bits per heavy atom. The minimum absolute atomic E-state index is 0.347. The zero-order valence-electron chi connectivity index (χ0n) is 6.83. The van der Waals surface area contributed by atoms with E-state index >= 15 is 0 Å². The predicted molar refractivity (Wildman–Crippen MR) is 51.1 cm³/mol. The van der Waals surface area contributed by atoms with E-state index in [1.54, 1.807) is 12.1 Å². The van der Waals surface area contributed by atoms with Gasteiger partial charge in [0.05, 0.1) is 0 Å². The summed E-state index contributed by atoms with van der Waals surface area (Å²) in [5, 5.41) is 10.4. The summed E-state index contributed by atoms with van der Waals surface area (Å²) in [5.74, 6) is 0.347. The highest BCUT2D eigenvalue weighted by atomic mass is 28.2. The molecule has 11 heavy (non-hydrogen) atoms. The highest BCUT2D eigenvalue weighted by molar-refractivity contribution is 6.76. The van der Waals surface area contributed by atoms with Crippen molar-refractivity contribution in [3.05, 3.63) is 24.3 Å². The van der Waals surface area contributed by atoms with Gasteiger partial charge in [-0.25, -0.2) is 0 Å². The molecule has 2 heteroatoms. The van der Waals surface area contributed by atoms with E-state index in [4.69, 9.17) is 5.11 Å². The smallest absolute Gasteiger partial charge is 0.115 e. The number of phenolic OH excluding ortho intramolecular Hbond substituents is 1. The Balaban J connectivity index is 2.99. The zero-order valence-corrected chi connectivity index (χ0v) is 7.83. The van der Waals surface area contributed by atoms with Crippen molar-refractivity contribution in [1.29, 1.82) is 0 Å². The maximum atomic E-state index is 9.01. The van der Waals surface area contributed by atoms with Crippen LogP contribution in [0.2, 0.25) is 6.55 Å². The lowest BCUT2D eigenvalue weighted by molar-refractivity contribution is 0.475. The average molecular weight is 164 g/mol. The van der Waals surface area contributed by atoms with Gasteiger partial charge in [0.2, 0.25) is 0 Å². The van der Waals surface area contributed by atoms with E-state index in [1.165, 1.54) is 5.19 Å². The molecular formula is C9H12OSi. The third-order valence-corrected chi connectivity index (χ3v) is 3.87. The Morgan fingerprint density at radius 2 is 1.82 bits per heavy atom. The average Bonchev–Trinajstić information content (AvgIpc) is 2.05. The Kier molecular flexibility index (Phi) is 2.60. The number of rotatable bonds is 1. The van der Waals surface area contributed by atoms with E-state index in [9.17, 15) is 0 Å². The topological polar surface area (TPSA) is 20.2 Å². The molecule has 0 spiro atoms. The minimum Gasteiger partial charge on any atom is -0.508 e. The van der Waals surface area contributed by atoms with Crippen LogP contribution in [-0.2, 0) is 0 Å². The van der Waals surface area contributed by atoms with Gasteiger partial charge in [-0.15, -0.1) is 5.67 Å². The summed E-state index contributed by atoms with van der Waals surface area (Å²) >= 11 is 0. The molecule has 0 amide bonds. The Bertz CT molecular complexity index is 261. The molecule has 58 valence electrons. The van der Waals surface area contributed by atoms with Crippen molar-refractivity contribution in [1.82, 2.24) is 0 Å². The summed E-state index contributed by atoms with van der Waals surface area (Å²) in [6.45, 7) is 4.32. The largest absolute Gasteiger partial charge is 0.508 e. The second-order valence-electron chi connectivity index (χ2n) is 2.52. The van der Waals surface area contributed by atoms with Crippen LogP contribution in [-0.4, -0.2) is 19.2 Å². The van der Waals surface area contributed by atoms with Crippen molar-refractivity contribution in [3.8, 4) is 5.75 Å². The number of aromatic hydroxyl groups is 1. The van der Waals surface area contributed by atoms with Crippen molar-refractivity contribution >= 4 is 19.3 Å². The van der Waals surface area contributed by atoms with Gasteiger partial charge in [-0.3, -0.25) is 0 Å². The third kappa shape index (κ3) is 2.02. The first kappa shape index (κ1) is 8.21. The van der Waals surface area contributed by atoms with E-state index in [-0.39, 0.29) is 0 Å². The Morgan fingerprint density at radius 3 is 2.27 bits per heavy atom. The summed E-state index contributed by atoms with van der Waals surface area (Å²) in [5.41, 5.74) is 2.23. The summed E-state index contributed by atoms with van der Waals surface area (Å²) < 4.78 is 0. The molecule has 1 nitrogen and oxygen atoms in total. The summed E-state index contributed by atoms with van der Waals surface area (Å²) in [6, 6.07) is 7.47. The van der Waals surface area contributed by atoms with E-state index in [0.717, 1.165) is 0 Å². The molecule has 0 aliphatic rings. The van der Waals surface area contributed by atoms with Crippen LogP contribution in [0.5, 0.6) is 5.75 Å². The first-order valence-electron chi connectivity index (χ1n) is 3.66. The Hall–Kier alpha value is -0.893. The molecule has 0 aliphatic heterocycles. The lowest BCUT2D eigenvalue weighted by atomic mass is 10.3. The monoisotopic (exact) mass is 164 g/mol. The van der Waals surface area contributed by atoms with Crippen LogP contribution in [0, 0.1) is 0 Å². The van der Waals surface area contributed by atoms with E-state index < -0.39 is 8.41 Å². The van der Waals surface area contributed by atoms with Crippen molar-refractivity contribution in [3.63, 3.8) is 0 Å². The van der Waals surface area contributed by atoms with Crippen molar-refractivity contribution in [2.45, 2.75) is 13.5 Å². The van der Waals surface area contributed by atoms with Gasteiger partial charge in [-0.2, -0.15) is 0 Å². The van der Waals surface area contributed by atoms with Crippen LogP contribution in [0.3, 0.4) is 0 Å². The molecule has 1 aromatic rings. The molecule has 0 saturated carbocycles. The highest BCUT2D eigenvalue weighted by Crippen LogP contribution is 2.02. The maximum absolute atomic E-state index is 9.01. The molecule has 0 fully saturated rings. The molecule has 0 aromatic heterocycles. The molecule has 0 saturated heterocycles. The van der Waals surface area contributed by atoms with Crippen molar-refractivity contribution < 1.29 is 5.11 Å². The lowest BCUT2D eigenvalue weighted by Gasteiger charge is -1.98. The first-order chi connectivity index (χ1) is 5.24. The van der Waals surface area contributed by atoms with Gasteiger partial charge in [0.25, 0.3) is 0 Å². The Labute approximate surface area is 68.5 Å². The van der Waals surface area contributed by atoms with Crippen molar-refractivity contribution in [2.75, 3.05) is 0 Å². The van der Waals surface area contributed by atoms with Gasteiger partial charge < -0.3 is 5.11 Å². The number of hydrogen-bond acceptors (Lipinski definition) is 1. The van der Waals surface area contributed by atoms with Crippen LogP contribution in [0.1, 0.15) is 6.92 Å². The van der Waals surface area contributed by atoms with Gasteiger partial charge >= 0.3 is 0 Å². The van der Waals surface area contributed by atoms with Crippen LogP contribution >= 0.6 is 0 Å². The normalized spacial score (nSPS) is 11.6.